The molecule has 6 aliphatic rings. The minimum absolute atomic E-state index is 0. The molecule has 4 saturated carbocycles. The van der Waals surface area contributed by atoms with Gasteiger partial charge in [0.15, 0.2) is 0 Å². The summed E-state index contributed by atoms with van der Waals surface area (Å²) in [6.45, 7) is 4.33. The Kier molecular flexibility index (Phi) is 5.45. The summed E-state index contributed by atoms with van der Waals surface area (Å²) in [7, 11) is 0. The van der Waals surface area contributed by atoms with Crippen molar-refractivity contribution >= 4 is 24.2 Å². The molecule has 4 aliphatic carbocycles. The van der Waals surface area contributed by atoms with Gasteiger partial charge in [-0.15, -0.1) is 12.4 Å². The first-order valence-corrected chi connectivity index (χ1v) is 11.3. The number of amides is 2. The summed E-state index contributed by atoms with van der Waals surface area (Å²) >= 11 is 0. The molecular weight excluding hydrogens is 374 g/mol. The minimum atomic E-state index is -0.218. The molecule has 6 heteroatoms. The van der Waals surface area contributed by atoms with E-state index in [-0.39, 0.29) is 35.8 Å². The van der Waals surface area contributed by atoms with Crippen molar-refractivity contribution < 1.29 is 9.59 Å². The molecule has 6 rings (SSSR count). The molecule has 3 atom stereocenters. The second-order valence-corrected chi connectivity index (χ2v) is 10.5. The number of carbonyl (C=O) groups is 2. The molecule has 0 aromatic carbocycles. The average Bonchev–Trinajstić information content (AvgIpc) is 3.26. The maximum Gasteiger partial charge on any atom is 0.245 e. The van der Waals surface area contributed by atoms with Gasteiger partial charge in [-0.2, -0.15) is 0 Å². The fraction of sp³-hybridized carbons (Fsp3) is 0.909. The van der Waals surface area contributed by atoms with E-state index in [1.165, 1.54) is 19.3 Å². The highest BCUT2D eigenvalue weighted by Crippen LogP contribution is 2.60. The van der Waals surface area contributed by atoms with Crippen LogP contribution in [0.1, 0.15) is 64.7 Å². The second-order valence-electron chi connectivity index (χ2n) is 10.5. The Hall–Kier alpha value is -0.810. The number of nitrogens with zero attached hydrogens (tertiary/aromatic N) is 2. The minimum Gasteiger partial charge on any atom is -0.338 e. The van der Waals surface area contributed by atoms with Crippen LogP contribution in [0.2, 0.25) is 0 Å². The number of hydrogen-bond donors (Lipinski definition) is 1. The van der Waals surface area contributed by atoms with Gasteiger partial charge < -0.3 is 15.5 Å². The predicted molar refractivity (Wildman–Crippen MR) is 111 cm³/mol. The lowest BCUT2D eigenvalue weighted by Gasteiger charge is -2.56. The first-order valence-electron chi connectivity index (χ1n) is 11.3. The third-order valence-corrected chi connectivity index (χ3v) is 8.57. The Morgan fingerprint density at radius 3 is 2.14 bits per heavy atom. The quantitative estimate of drug-likeness (QED) is 0.779. The van der Waals surface area contributed by atoms with Crippen molar-refractivity contribution in [3.05, 3.63) is 0 Å². The SMILES string of the molecule is CC1CC(CN)CN1C(=O)C1CCCN1C(=O)C12CC3CC(CC(C3)C1)C2.Cl. The van der Waals surface area contributed by atoms with Crippen LogP contribution in [-0.4, -0.2) is 53.3 Å². The Balaban J connectivity index is 0.00000192. The lowest BCUT2D eigenvalue weighted by atomic mass is 9.49. The average molecular weight is 410 g/mol. The number of nitrogens with two attached hydrogens (primary N) is 1. The maximum absolute atomic E-state index is 13.8. The van der Waals surface area contributed by atoms with Crippen LogP contribution in [0.5, 0.6) is 0 Å². The van der Waals surface area contributed by atoms with Crippen LogP contribution in [0.3, 0.4) is 0 Å². The van der Waals surface area contributed by atoms with Gasteiger partial charge in [0.2, 0.25) is 11.8 Å². The third kappa shape index (κ3) is 3.17. The van der Waals surface area contributed by atoms with Crippen molar-refractivity contribution in [1.29, 1.82) is 0 Å². The topological polar surface area (TPSA) is 66.6 Å². The summed E-state index contributed by atoms with van der Waals surface area (Å²) in [6, 6.07) is 0.0348. The summed E-state index contributed by atoms with van der Waals surface area (Å²) in [5.41, 5.74) is 5.72. The first kappa shape index (κ1) is 20.5. The summed E-state index contributed by atoms with van der Waals surface area (Å²) < 4.78 is 0. The molecule has 0 aromatic heterocycles. The fourth-order valence-corrected chi connectivity index (χ4v) is 7.76. The summed E-state index contributed by atoms with van der Waals surface area (Å²) in [5, 5.41) is 0. The van der Waals surface area contributed by atoms with Crippen LogP contribution < -0.4 is 5.73 Å². The normalized spacial score (nSPS) is 44.1. The number of carbonyl (C=O) groups excluding carboxylic acids is 2. The van der Waals surface area contributed by atoms with E-state index >= 15 is 0 Å². The number of likely N-dealkylation sites (tertiary alicyclic amines) is 2. The van der Waals surface area contributed by atoms with E-state index in [0.717, 1.165) is 69.4 Å². The Morgan fingerprint density at radius 1 is 1.00 bits per heavy atom. The van der Waals surface area contributed by atoms with Crippen LogP contribution in [0.15, 0.2) is 0 Å². The van der Waals surface area contributed by atoms with E-state index in [4.69, 9.17) is 5.73 Å². The number of halogens is 1. The monoisotopic (exact) mass is 409 g/mol. The molecule has 0 radical (unpaired) electrons. The van der Waals surface area contributed by atoms with E-state index in [0.29, 0.717) is 18.4 Å². The van der Waals surface area contributed by atoms with Crippen LogP contribution in [0.25, 0.3) is 0 Å². The molecule has 28 heavy (non-hydrogen) atoms. The largest absolute Gasteiger partial charge is 0.338 e. The first-order chi connectivity index (χ1) is 13.0. The molecule has 6 fully saturated rings. The van der Waals surface area contributed by atoms with Crippen LogP contribution in [0, 0.1) is 29.1 Å². The molecule has 2 amide bonds. The van der Waals surface area contributed by atoms with Gasteiger partial charge in [-0.3, -0.25) is 9.59 Å². The summed E-state index contributed by atoms with van der Waals surface area (Å²) in [6.07, 6.45) is 10.1. The molecular formula is C22H36ClN3O2. The molecule has 2 N–H and O–H groups in total. The van der Waals surface area contributed by atoms with Crippen molar-refractivity contribution in [2.45, 2.75) is 76.8 Å². The lowest BCUT2D eigenvalue weighted by molar-refractivity contribution is -0.162. The van der Waals surface area contributed by atoms with Crippen molar-refractivity contribution in [3.63, 3.8) is 0 Å². The standard InChI is InChI=1S/C22H35N3O2.ClH/c1-14-5-18(12-23)13-25(14)20(26)19-3-2-4-24(19)21(27)22-9-15-6-16(10-22)8-17(7-15)11-22;/h14-19H,2-13,23H2,1H3;1H. The Labute approximate surface area is 175 Å². The molecule has 5 nitrogen and oxygen atoms in total. The van der Waals surface area contributed by atoms with Crippen molar-refractivity contribution in [2.24, 2.45) is 34.8 Å². The molecule has 2 saturated heterocycles. The van der Waals surface area contributed by atoms with Gasteiger partial charge in [-0.25, -0.2) is 0 Å². The third-order valence-electron chi connectivity index (χ3n) is 8.57. The molecule has 158 valence electrons. The van der Waals surface area contributed by atoms with Gasteiger partial charge in [-0.05, 0) is 94.9 Å². The zero-order valence-corrected chi connectivity index (χ0v) is 18.0. The van der Waals surface area contributed by atoms with E-state index in [2.05, 4.69) is 6.92 Å². The van der Waals surface area contributed by atoms with Crippen LogP contribution in [0.4, 0.5) is 0 Å². The van der Waals surface area contributed by atoms with Gasteiger partial charge in [0, 0.05) is 19.1 Å². The fourth-order valence-electron chi connectivity index (χ4n) is 7.76. The Bertz CT molecular complexity index is 604. The zero-order chi connectivity index (χ0) is 18.8. The van der Waals surface area contributed by atoms with Crippen molar-refractivity contribution in [3.8, 4) is 0 Å². The van der Waals surface area contributed by atoms with Gasteiger partial charge in [-0.1, -0.05) is 0 Å². The molecule has 3 unspecified atom stereocenters. The van der Waals surface area contributed by atoms with Crippen LogP contribution in [-0.2, 0) is 9.59 Å². The number of hydrogen-bond acceptors (Lipinski definition) is 3. The Morgan fingerprint density at radius 2 is 1.61 bits per heavy atom. The highest BCUT2D eigenvalue weighted by molar-refractivity contribution is 5.91. The predicted octanol–water partition coefficient (Wildman–Crippen LogP) is 2.81. The smallest absolute Gasteiger partial charge is 0.245 e. The van der Waals surface area contributed by atoms with E-state index in [1.54, 1.807) is 0 Å². The maximum atomic E-state index is 13.8. The zero-order valence-electron chi connectivity index (χ0n) is 17.1. The van der Waals surface area contributed by atoms with Gasteiger partial charge >= 0.3 is 0 Å². The van der Waals surface area contributed by atoms with Crippen LogP contribution >= 0.6 is 12.4 Å². The van der Waals surface area contributed by atoms with E-state index < -0.39 is 0 Å². The summed E-state index contributed by atoms with van der Waals surface area (Å²) in [4.78, 5) is 31.2. The van der Waals surface area contributed by atoms with E-state index in [9.17, 15) is 9.59 Å². The lowest BCUT2D eigenvalue weighted by Crippen LogP contribution is -2.57. The number of rotatable bonds is 3. The molecule has 0 spiro atoms. The molecule has 2 heterocycles. The highest BCUT2D eigenvalue weighted by atomic mass is 35.5. The molecule has 0 aromatic rings. The second kappa shape index (κ2) is 7.46. The highest BCUT2D eigenvalue weighted by Gasteiger charge is 2.57. The van der Waals surface area contributed by atoms with E-state index in [1.807, 2.05) is 9.80 Å². The van der Waals surface area contributed by atoms with Gasteiger partial charge in [0.05, 0.1) is 5.41 Å². The van der Waals surface area contributed by atoms with Crippen molar-refractivity contribution in [1.82, 2.24) is 9.80 Å². The van der Waals surface area contributed by atoms with Crippen molar-refractivity contribution in [2.75, 3.05) is 19.6 Å². The summed E-state index contributed by atoms with van der Waals surface area (Å²) in [5.74, 6) is 3.23. The molecule has 4 bridgehead atoms. The van der Waals surface area contributed by atoms with Gasteiger partial charge in [0.1, 0.15) is 6.04 Å². The molecule has 2 aliphatic heterocycles. The van der Waals surface area contributed by atoms with Gasteiger partial charge in [0.25, 0.3) is 0 Å².